The van der Waals surface area contributed by atoms with Gasteiger partial charge in [0.25, 0.3) is 0 Å². The van der Waals surface area contributed by atoms with Crippen LogP contribution in [0.4, 0.5) is 5.69 Å². The van der Waals surface area contributed by atoms with Crippen LogP contribution in [0.2, 0.25) is 0 Å². The SMILES string of the molecule is CCOCC(NCC(=O)Nc1ccc(Br)cc1)C(C)C. The molecule has 1 amide bonds. The Labute approximate surface area is 129 Å². The third kappa shape index (κ3) is 6.50. The molecular formula is C15H23BrN2O2. The van der Waals surface area contributed by atoms with E-state index in [1.54, 1.807) is 0 Å². The molecule has 0 fully saturated rings. The summed E-state index contributed by atoms with van der Waals surface area (Å²) in [6.07, 6.45) is 0. The van der Waals surface area contributed by atoms with E-state index in [0.29, 0.717) is 19.1 Å². The van der Waals surface area contributed by atoms with Crippen molar-refractivity contribution in [1.29, 1.82) is 0 Å². The Hall–Kier alpha value is -0.910. The van der Waals surface area contributed by atoms with Crippen LogP contribution in [0.3, 0.4) is 0 Å². The van der Waals surface area contributed by atoms with Gasteiger partial charge in [-0.2, -0.15) is 0 Å². The van der Waals surface area contributed by atoms with E-state index >= 15 is 0 Å². The van der Waals surface area contributed by atoms with Crippen molar-refractivity contribution < 1.29 is 9.53 Å². The van der Waals surface area contributed by atoms with Crippen molar-refractivity contribution >= 4 is 27.5 Å². The van der Waals surface area contributed by atoms with Crippen molar-refractivity contribution in [3.63, 3.8) is 0 Å². The third-order valence-electron chi connectivity index (χ3n) is 2.96. The molecule has 0 aliphatic heterocycles. The van der Waals surface area contributed by atoms with Gasteiger partial charge in [-0.05, 0) is 37.1 Å². The first-order valence-electron chi connectivity index (χ1n) is 6.89. The molecule has 1 unspecified atom stereocenters. The summed E-state index contributed by atoms with van der Waals surface area (Å²) in [4.78, 5) is 11.9. The highest BCUT2D eigenvalue weighted by atomic mass is 79.9. The molecule has 0 aromatic heterocycles. The van der Waals surface area contributed by atoms with E-state index in [0.717, 1.165) is 10.2 Å². The number of anilines is 1. The van der Waals surface area contributed by atoms with Crippen molar-refractivity contribution in [2.75, 3.05) is 25.1 Å². The second kappa shape index (κ2) is 9.10. The standard InChI is InChI=1S/C15H23BrN2O2/c1-4-20-10-14(11(2)3)17-9-15(19)18-13-7-5-12(16)6-8-13/h5-8,11,14,17H,4,9-10H2,1-3H3,(H,18,19). The smallest absolute Gasteiger partial charge is 0.238 e. The minimum Gasteiger partial charge on any atom is -0.380 e. The van der Waals surface area contributed by atoms with Crippen molar-refractivity contribution in [1.82, 2.24) is 5.32 Å². The number of benzene rings is 1. The van der Waals surface area contributed by atoms with E-state index in [9.17, 15) is 4.79 Å². The summed E-state index contributed by atoms with van der Waals surface area (Å²) < 4.78 is 6.41. The summed E-state index contributed by atoms with van der Waals surface area (Å²) in [5, 5.41) is 6.10. The monoisotopic (exact) mass is 342 g/mol. The number of hydrogen-bond acceptors (Lipinski definition) is 3. The fourth-order valence-corrected chi connectivity index (χ4v) is 1.96. The van der Waals surface area contributed by atoms with E-state index in [1.807, 2.05) is 31.2 Å². The molecule has 0 saturated carbocycles. The summed E-state index contributed by atoms with van der Waals surface area (Å²) in [5.74, 6) is 0.372. The summed E-state index contributed by atoms with van der Waals surface area (Å²) >= 11 is 3.36. The summed E-state index contributed by atoms with van der Waals surface area (Å²) in [6.45, 7) is 7.80. The molecule has 0 aliphatic carbocycles. The van der Waals surface area contributed by atoms with Gasteiger partial charge in [-0.15, -0.1) is 0 Å². The molecule has 0 spiro atoms. The molecule has 5 heteroatoms. The normalized spacial score (nSPS) is 12.4. The van der Waals surface area contributed by atoms with Crippen molar-refractivity contribution in [2.24, 2.45) is 5.92 Å². The van der Waals surface area contributed by atoms with Gasteiger partial charge < -0.3 is 15.4 Å². The number of nitrogens with one attached hydrogen (secondary N) is 2. The third-order valence-corrected chi connectivity index (χ3v) is 3.49. The highest BCUT2D eigenvalue weighted by Gasteiger charge is 2.14. The Morgan fingerprint density at radius 3 is 2.50 bits per heavy atom. The number of carbonyl (C=O) groups excluding carboxylic acids is 1. The maximum atomic E-state index is 11.9. The van der Waals surface area contributed by atoms with Gasteiger partial charge in [-0.3, -0.25) is 4.79 Å². The van der Waals surface area contributed by atoms with Crippen LogP contribution in [-0.4, -0.2) is 31.7 Å². The lowest BCUT2D eigenvalue weighted by Crippen LogP contribution is -2.42. The molecule has 0 aliphatic rings. The molecule has 0 radical (unpaired) electrons. The van der Waals surface area contributed by atoms with Gasteiger partial charge in [-0.1, -0.05) is 29.8 Å². The van der Waals surface area contributed by atoms with Crippen molar-refractivity contribution in [3.8, 4) is 0 Å². The average molecular weight is 343 g/mol. The molecule has 0 heterocycles. The largest absolute Gasteiger partial charge is 0.380 e. The van der Waals surface area contributed by atoms with Crippen LogP contribution in [-0.2, 0) is 9.53 Å². The van der Waals surface area contributed by atoms with E-state index in [1.165, 1.54) is 0 Å². The molecule has 1 aromatic carbocycles. The van der Waals surface area contributed by atoms with Crippen LogP contribution in [0.5, 0.6) is 0 Å². The molecule has 112 valence electrons. The van der Waals surface area contributed by atoms with E-state index in [4.69, 9.17) is 4.74 Å². The zero-order valence-corrected chi connectivity index (χ0v) is 13.9. The molecule has 1 atom stereocenters. The van der Waals surface area contributed by atoms with Gasteiger partial charge in [0, 0.05) is 22.8 Å². The van der Waals surface area contributed by atoms with Crippen LogP contribution in [0.15, 0.2) is 28.7 Å². The second-order valence-electron chi connectivity index (χ2n) is 4.95. The lowest BCUT2D eigenvalue weighted by atomic mass is 10.1. The fraction of sp³-hybridized carbons (Fsp3) is 0.533. The van der Waals surface area contributed by atoms with Gasteiger partial charge >= 0.3 is 0 Å². The van der Waals surface area contributed by atoms with Crippen molar-refractivity contribution in [3.05, 3.63) is 28.7 Å². The zero-order chi connectivity index (χ0) is 15.0. The Balaban J connectivity index is 2.39. The molecule has 4 nitrogen and oxygen atoms in total. The van der Waals surface area contributed by atoms with Crippen molar-refractivity contribution in [2.45, 2.75) is 26.8 Å². The maximum absolute atomic E-state index is 11.9. The molecule has 2 N–H and O–H groups in total. The van der Waals surface area contributed by atoms with Crippen LogP contribution >= 0.6 is 15.9 Å². The topological polar surface area (TPSA) is 50.4 Å². The molecule has 1 aromatic rings. The van der Waals surface area contributed by atoms with Crippen LogP contribution < -0.4 is 10.6 Å². The Morgan fingerprint density at radius 2 is 1.95 bits per heavy atom. The van der Waals surface area contributed by atoms with Gasteiger partial charge in [0.1, 0.15) is 0 Å². The highest BCUT2D eigenvalue weighted by Crippen LogP contribution is 2.13. The van der Waals surface area contributed by atoms with E-state index < -0.39 is 0 Å². The summed E-state index contributed by atoms with van der Waals surface area (Å²) in [7, 11) is 0. The van der Waals surface area contributed by atoms with Crippen LogP contribution in [0.1, 0.15) is 20.8 Å². The first-order valence-corrected chi connectivity index (χ1v) is 7.68. The fourth-order valence-electron chi connectivity index (χ4n) is 1.69. The van der Waals surface area contributed by atoms with Gasteiger partial charge in [-0.25, -0.2) is 0 Å². The van der Waals surface area contributed by atoms with Gasteiger partial charge in [0.05, 0.1) is 13.2 Å². The number of amides is 1. The first kappa shape index (κ1) is 17.1. The van der Waals surface area contributed by atoms with Gasteiger partial charge in [0.2, 0.25) is 5.91 Å². The zero-order valence-electron chi connectivity index (χ0n) is 12.3. The predicted octanol–water partition coefficient (Wildman–Crippen LogP) is 3.04. The Bertz CT molecular complexity index is 407. The number of halogens is 1. The van der Waals surface area contributed by atoms with E-state index in [2.05, 4.69) is 40.4 Å². The van der Waals surface area contributed by atoms with Crippen LogP contribution in [0.25, 0.3) is 0 Å². The molecule has 0 bridgehead atoms. The summed E-state index contributed by atoms with van der Waals surface area (Å²) in [6, 6.07) is 7.71. The average Bonchev–Trinajstić information content (AvgIpc) is 2.41. The first-order chi connectivity index (χ1) is 9.52. The molecular weight excluding hydrogens is 320 g/mol. The quantitative estimate of drug-likeness (QED) is 0.763. The number of ether oxygens (including phenoxy) is 1. The molecule has 1 rings (SSSR count). The number of hydrogen-bond donors (Lipinski definition) is 2. The minimum atomic E-state index is -0.0468. The number of carbonyl (C=O) groups is 1. The number of rotatable bonds is 8. The van der Waals surface area contributed by atoms with E-state index in [-0.39, 0.29) is 18.5 Å². The molecule has 20 heavy (non-hydrogen) atoms. The van der Waals surface area contributed by atoms with Gasteiger partial charge in [0.15, 0.2) is 0 Å². The Kier molecular flexibility index (Phi) is 7.80. The lowest BCUT2D eigenvalue weighted by molar-refractivity contribution is -0.115. The highest BCUT2D eigenvalue weighted by molar-refractivity contribution is 9.10. The Morgan fingerprint density at radius 1 is 1.30 bits per heavy atom. The summed E-state index contributed by atoms with van der Waals surface area (Å²) in [5.41, 5.74) is 0.797. The lowest BCUT2D eigenvalue weighted by Gasteiger charge is -2.21. The molecule has 0 saturated heterocycles. The van der Waals surface area contributed by atoms with Crippen LogP contribution in [0, 0.1) is 5.92 Å². The minimum absolute atomic E-state index is 0.0468. The predicted molar refractivity (Wildman–Crippen MR) is 85.9 cm³/mol. The maximum Gasteiger partial charge on any atom is 0.238 e. The second-order valence-corrected chi connectivity index (χ2v) is 5.86.